The van der Waals surface area contributed by atoms with E-state index in [-0.39, 0.29) is 46.8 Å². The second-order valence-corrected chi connectivity index (χ2v) is 29.6. The normalized spacial score (nSPS) is 57.6. The lowest BCUT2D eigenvalue weighted by Crippen LogP contribution is -2.74. The summed E-state index contributed by atoms with van der Waals surface area (Å²) in [6.07, 6.45) is -26.9. The van der Waals surface area contributed by atoms with Crippen molar-refractivity contribution in [2.75, 3.05) is 39.6 Å². The van der Waals surface area contributed by atoms with Gasteiger partial charge in [-0.15, -0.1) is 0 Å². The van der Waals surface area contributed by atoms with Crippen molar-refractivity contribution in [1.82, 2.24) is 0 Å². The van der Waals surface area contributed by atoms with Crippen LogP contribution in [0.1, 0.15) is 119 Å². The van der Waals surface area contributed by atoms with Gasteiger partial charge >= 0.3 is 0 Å². The molecule has 4 aliphatic heterocycles. The first-order chi connectivity index (χ1) is 40.0. The van der Waals surface area contributed by atoms with E-state index in [1.165, 1.54) is 0 Å². The number of aliphatic hydroxyl groups is 15. The standard InChI is InChI=1S/C60H98O25/c1-54(2)33-7-11-57(5)34(8-12-60-35-17-55(3,24-64)13-14-59(35,25-79-60)36(66)18-58(57,60)6)56(33,4)10-9-37(54)84-52-49(81-30-16-27(20-62)48(45(74)41(30)70)80-29-15-26(19-61)38(67)44(73)40(29)69)43(72)32(23-78-52)83-53-50(46(75)42(71)31(21-63)82-53)85-51-47(76)39(68)28(65)22-77-51/h24,26-53,61-63,65-76H,7-23,25H2,1-6H3/t26?,27?,28?,29?,30?,31?,32?,33?,34?,35?,36-,37+,38?,39?,40?,41?,42?,43?,44?,45?,46?,47?,48?,49?,50?,51?,52?,53?,55+,56+,57-,58+,59?,60?/m1/s1. The Morgan fingerprint density at radius 1 is 0.506 bits per heavy atom. The van der Waals surface area contributed by atoms with Gasteiger partial charge in [-0.1, -0.05) is 41.5 Å². The minimum atomic E-state index is -1.89. The molecule has 0 aromatic rings. The van der Waals surface area contributed by atoms with Crippen LogP contribution < -0.4 is 0 Å². The number of hydrogen-bond donors (Lipinski definition) is 15. The molecule has 11 fully saturated rings. The summed E-state index contributed by atoms with van der Waals surface area (Å²) in [6.45, 7) is 11.2. The van der Waals surface area contributed by atoms with Gasteiger partial charge in [0, 0.05) is 41.3 Å². The minimum absolute atomic E-state index is 0.0506. The molecule has 488 valence electrons. The first-order valence-corrected chi connectivity index (χ1v) is 31.3. The van der Waals surface area contributed by atoms with Crippen molar-refractivity contribution >= 4 is 6.29 Å². The molecule has 11 rings (SSSR count). The van der Waals surface area contributed by atoms with Gasteiger partial charge in [-0.05, 0) is 111 Å². The zero-order valence-electron chi connectivity index (χ0n) is 49.8. The molecule has 1 spiro atoms. The third-order valence-corrected chi connectivity index (χ3v) is 25.1. The van der Waals surface area contributed by atoms with E-state index in [4.69, 9.17) is 42.6 Å². The number of ether oxygens (including phenoxy) is 9. The van der Waals surface area contributed by atoms with E-state index in [0.717, 1.165) is 51.2 Å². The predicted octanol–water partition coefficient (Wildman–Crippen LogP) is -2.74. The highest BCUT2D eigenvalue weighted by Gasteiger charge is 2.80. The maximum absolute atomic E-state index is 12.7. The fraction of sp³-hybridized carbons (Fsp3) is 0.983. The lowest BCUT2D eigenvalue weighted by molar-refractivity contribution is -0.382. The van der Waals surface area contributed by atoms with Crippen molar-refractivity contribution in [3.8, 4) is 0 Å². The highest BCUT2D eigenvalue weighted by Crippen LogP contribution is 2.80. The average molecular weight is 1220 g/mol. The first-order valence-electron chi connectivity index (χ1n) is 31.3. The molecule has 0 amide bonds. The van der Waals surface area contributed by atoms with Gasteiger partial charge in [0.15, 0.2) is 18.9 Å². The second kappa shape index (κ2) is 23.7. The van der Waals surface area contributed by atoms with Crippen LogP contribution in [0.25, 0.3) is 0 Å². The molecule has 25 nitrogen and oxygen atoms in total. The number of carbonyl (C=O) groups is 1. The van der Waals surface area contributed by atoms with Crippen LogP contribution >= 0.6 is 0 Å². The average Bonchev–Trinajstić information content (AvgIpc) is 1.65. The van der Waals surface area contributed by atoms with Crippen molar-refractivity contribution in [2.24, 2.45) is 62.1 Å². The molecular weight excluding hydrogens is 1120 g/mol. The summed E-state index contributed by atoms with van der Waals surface area (Å²) in [5.74, 6) is -1.53. The maximum Gasteiger partial charge on any atom is 0.187 e. The van der Waals surface area contributed by atoms with Crippen LogP contribution in [-0.2, 0) is 47.4 Å². The molecule has 0 aromatic carbocycles. The molecular formula is C60H98O25. The third-order valence-electron chi connectivity index (χ3n) is 25.1. The molecule has 0 aromatic heterocycles. The van der Waals surface area contributed by atoms with Gasteiger partial charge in [-0.3, -0.25) is 0 Å². The highest BCUT2D eigenvalue weighted by molar-refractivity contribution is 5.59. The molecule has 25 heteroatoms. The lowest BCUT2D eigenvalue weighted by atomic mass is 9.30. The molecule has 11 aliphatic rings. The number of carbonyl (C=O) groups excluding carboxylic acids is 1. The second-order valence-electron chi connectivity index (χ2n) is 29.6. The molecule has 0 radical (unpaired) electrons. The molecule has 7 saturated carbocycles. The topological polar surface area (TPSA) is 404 Å². The van der Waals surface area contributed by atoms with Gasteiger partial charge in [0.2, 0.25) is 0 Å². The fourth-order valence-corrected chi connectivity index (χ4v) is 19.8. The summed E-state index contributed by atoms with van der Waals surface area (Å²) in [4.78, 5) is 12.7. The quantitative estimate of drug-likeness (QED) is 0.0620. The molecule has 4 saturated heterocycles. The Balaban J connectivity index is 0.856. The van der Waals surface area contributed by atoms with Crippen LogP contribution in [0.4, 0.5) is 0 Å². The monoisotopic (exact) mass is 1220 g/mol. The van der Waals surface area contributed by atoms with Gasteiger partial charge in [-0.2, -0.15) is 0 Å². The van der Waals surface area contributed by atoms with Crippen molar-refractivity contribution in [3.05, 3.63) is 0 Å². The van der Waals surface area contributed by atoms with Gasteiger partial charge in [0.25, 0.3) is 0 Å². The number of rotatable bonds is 14. The summed E-state index contributed by atoms with van der Waals surface area (Å²) < 4.78 is 57.3. The minimum Gasteiger partial charge on any atom is -0.396 e. The van der Waals surface area contributed by atoms with Crippen molar-refractivity contribution < 1.29 is 124 Å². The number of hydrogen-bond acceptors (Lipinski definition) is 25. The molecule has 2 bridgehead atoms. The molecule has 28 unspecified atom stereocenters. The van der Waals surface area contributed by atoms with Crippen molar-refractivity contribution in [1.29, 1.82) is 0 Å². The van der Waals surface area contributed by atoms with Crippen LogP contribution in [0, 0.1) is 62.1 Å². The number of aldehydes is 1. The Morgan fingerprint density at radius 3 is 1.82 bits per heavy atom. The van der Waals surface area contributed by atoms with Crippen LogP contribution in [0.3, 0.4) is 0 Å². The van der Waals surface area contributed by atoms with E-state index < -0.39 is 208 Å². The van der Waals surface area contributed by atoms with E-state index in [1.807, 2.05) is 0 Å². The number of fused-ring (bicyclic) bond motifs is 4. The summed E-state index contributed by atoms with van der Waals surface area (Å²) in [5, 5.41) is 166. The van der Waals surface area contributed by atoms with E-state index in [1.54, 1.807) is 0 Å². The van der Waals surface area contributed by atoms with Crippen LogP contribution in [0.2, 0.25) is 0 Å². The van der Waals surface area contributed by atoms with E-state index in [2.05, 4.69) is 41.5 Å². The summed E-state index contributed by atoms with van der Waals surface area (Å²) in [6, 6.07) is 0. The zero-order valence-corrected chi connectivity index (χ0v) is 49.8. The molecule has 4 heterocycles. The lowest BCUT2D eigenvalue weighted by Gasteiger charge is -2.75. The van der Waals surface area contributed by atoms with Crippen LogP contribution in [-0.4, -0.2) is 269 Å². The Hall–Kier alpha value is -1.29. The zero-order chi connectivity index (χ0) is 61.5. The fourth-order valence-electron chi connectivity index (χ4n) is 19.8. The summed E-state index contributed by atoms with van der Waals surface area (Å²) in [5.41, 5.74) is -2.76. The first kappa shape index (κ1) is 65.2. The largest absolute Gasteiger partial charge is 0.396 e. The SMILES string of the molecule is CC1(C)C2CC[C@]3(C)C(CCC45OCC6(CC[C@](C)(C=O)CC64)[C@H](O)C[C@]53C)[C@@]2(C)CC[C@@H]1OC1OCC(OC2OC(CO)C(O)C(O)C2OC2OCC(O)C(O)C2O)C(O)C1OC1CC(CO)C(OC2CC(CO)C(O)C(O)C2O)C(O)C1O. The van der Waals surface area contributed by atoms with Crippen molar-refractivity contribution in [3.63, 3.8) is 0 Å². The summed E-state index contributed by atoms with van der Waals surface area (Å²) in [7, 11) is 0. The van der Waals surface area contributed by atoms with Gasteiger partial charge in [-0.25, -0.2) is 0 Å². The van der Waals surface area contributed by atoms with E-state index in [9.17, 15) is 81.4 Å². The molecule has 34 atom stereocenters. The van der Waals surface area contributed by atoms with Crippen LogP contribution in [0.5, 0.6) is 0 Å². The predicted molar refractivity (Wildman–Crippen MR) is 290 cm³/mol. The Morgan fingerprint density at radius 2 is 1.14 bits per heavy atom. The van der Waals surface area contributed by atoms with Crippen LogP contribution in [0.15, 0.2) is 0 Å². The summed E-state index contributed by atoms with van der Waals surface area (Å²) >= 11 is 0. The molecule has 15 N–H and O–H groups in total. The van der Waals surface area contributed by atoms with Crippen molar-refractivity contribution in [2.45, 2.75) is 265 Å². The maximum atomic E-state index is 12.7. The Kier molecular flexibility index (Phi) is 18.2. The van der Waals surface area contributed by atoms with E-state index in [0.29, 0.717) is 25.9 Å². The van der Waals surface area contributed by atoms with E-state index >= 15 is 0 Å². The van der Waals surface area contributed by atoms with Gasteiger partial charge in [0.1, 0.15) is 91.7 Å². The number of aliphatic hydroxyl groups excluding tert-OH is 15. The Bertz CT molecular complexity index is 2340. The Labute approximate surface area is 495 Å². The highest BCUT2D eigenvalue weighted by atomic mass is 16.8. The van der Waals surface area contributed by atoms with Gasteiger partial charge in [0.05, 0.1) is 68.7 Å². The third kappa shape index (κ3) is 10.2. The molecule has 7 aliphatic carbocycles. The smallest absolute Gasteiger partial charge is 0.187 e. The molecule has 85 heavy (non-hydrogen) atoms. The van der Waals surface area contributed by atoms with Gasteiger partial charge < -0.3 is 124 Å².